The number of oxime groups is 1. The van der Waals surface area contributed by atoms with Gasteiger partial charge in [-0.15, -0.1) is 33.3 Å². The molecule has 2 atom stereocenters. The van der Waals surface area contributed by atoms with Crippen LogP contribution in [-0.2, 0) is 24.0 Å². The smallest absolute Gasteiger partial charge is 0.425 e. The zero-order valence-corrected chi connectivity index (χ0v) is 21.8. The van der Waals surface area contributed by atoms with Crippen molar-refractivity contribution in [2.24, 2.45) is 5.16 Å². The molecule has 2 aromatic heterocycles. The van der Waals surface area contributed by atoms with E-state index in [1.165, 1.54) is 45.8 Å². The number of thioether (sulfide) groups is 2. The number of aromatic nitrogens is 3. The number of carbonyl (C=O) groups excluding carboxylic acids is 3. The van der Waals surface area contributed by atoms with Gasteiger partial charge in [0.25, 0.3) is 11.8 Å². The van der Waals surface area contributed by atoms with Gasteiger partial charge in [0.1, 0.15) is 28.3 Å². The van der Waals surface area contributed by atoms with Crippen molar-refractivity contribution in [3.8, 4) is 0 Å². The minimum absolute atomic E-state index is 0.0372. The molecule has 2 aliphatic heterocycles. The van der Waals surface area contributed by atoms with E-state index < -0.39 is 47.7 Å². The number of carboxylic acid groups (broad SMARTS) is 1. The van der Waals surface area contributed by atoms with Gasteiger partial charge in [-0.05, 0) is 5.57 Å². The van der Waals surface area contributed by atoms with Crippen LogP contribution in [0.5, 0.6) is 0 Å². The number of alkyl halides is 3. The van der Waals surface area contributed by atoms with E-state index >= 15 is 0 Å². The van der Waals surface area contributed by atoms with Gasteiger partial charge in [-0.1, -0.05) is 28.3 Å². The molecule has 1 unspecified atom stereocenters. The Labute approximate surface area is 226 Å². The molecule has 202 valence electrons. The first-order valence-electron chi connectivity index (χ1n) is 10.1. The van der Waals surface area contributed by atoms with Crippen molar-refractivity contribution in [3.05, 3.63) is 27.9 Å². The van der Waals surface area contributed by atoms with Crippen LogP contribution in [0, 0.1) is 0 Å². The van der Waals surface area contributed by atoms with E-state index in [0.717, 1.165) is 16.2 Å². The Balaban J connectivity index is 1.50. The second-order valence-corrected chi connectivity index (χ2v) is 11.3. The van der Waals surface area contributed by atoms with Crippen LogP contribution in [0.1, 0.15) is 5.69 Å². The summed E-state index contributed by atoms with van der Waals surface area (Å²) in [5.41, 5.74) is 0.940. The summed E-state index contributed by atoms with van der Waals surface area (Å²) in [6.45, 7) is -1.79. The Bertz CT molecular complexity index is 1300. The summed E-state index contributed by atoms with van der Waals surface area (Å²) in [6.07, 6.45) is -4.41. The van der Waals surface area contributed by atoms with Crippen LogP contribution >= 0.6 is 46.2 Å². The summed E-state index contributed by atoms with van der Waals surface area (Å²) in [5, 5.41) is 25.8. The molecule has 0 aromatic carbocycles. The fraction of sp³-hybridized carbons (Fsp3) is 0.333. The van der Waals surface area contributed by atoms with Crippen molar-refractivity contribution in [1.29, 1.82) is 0 Å². The maximum absolute atomic E-state index is 13.0. The molecule has 0 spiro atoms. The van der Waals surface area contributed by atoms with E-state index in [1.807, 2.05) is 0 Å². The van der Waals surface area contributed by atoms with Gasteiger partial charge in [-0.25, -0.2) is 9.78 Å². The number of carbonyl (C=O) groups is 4. The summed E-state index contributed by atoms with van der Waals surface area (Å²) in [4.78, 5) is 57.7. The molecular weight excluding hydrogens is 596 g/mol. The van der Waals surface area contributed by atoms with Crippen molar-refractivity contribution >= 4 is 81.2 Å². The largest absolute Gasteiger partial charge is 0.477 e. The summed E-state index contributed by atoms with van der Waals surface area (Å²) in [5.74, 6) is -2.61. The fourth-order valence-electron chi connectivity index (χ4n) is 3.25. The maximum atomic E-state index is 13.0. The molecule has 38 heavy (non-hydrogen) atoms. The minimum Gasteiger partial charge on any atom is -0.477 e. The average Bonchev–Trinajstić information content (AvgIpc) is 3.55. The van der Waals surface area contributed by atoms with Gasteiger partial charge < -0.3 is 20.6 Å². The van der Waals surface area contributed by atoms with E-state index in [1.54, 1.807) is 0 Å². The summed E-state index contributed by atoms with van der Waals surface area (Å²) in [7, 11) is 0. The highest BCUT2D eigenvalue weighted by Crippen LogP contribution is 2.41. The third kappa shape index (κ3) is 6.25. The zero-order chi connectivity index (χ0) is 27.4. The van der Waals surface area contributed by atoms with E-state index in [-0.39, 0.29) is 28.0 Å². The molecule has 3 amide bonds. The number of halogens is 3. The lowest BCUT2D eigenvalue weighted by Crippen LogP contribution is -2.71. The SMILES string of the molecule is O=CNc1nc(C(=NOCC(F)(F)F)C(=O)NC2C(=O)N3C(C(=O)O)=C(CSc4nncs4)CS[C@@H]23)cs1. The number of fused-ring (bicyclic) bond motifs is 1. The highest BCUT2D eigenvalue weighted by atomic mass is 32.2. The number of thiazole rings is 1. The number of carboxylic acids is 1. The highest BCUT2D eigenvalue weighted by Gasteiger charge is 2.54. The van der Waals surface area contributed by atoms with E-state index in [4.69, 9.17) is 0 Å². The topological polar surface area (TPSA) is 176 Å². The molecule has 1 saturated heterocycles. The number of hydrogen-bond donors (Lipinski definition) is 3. The molecule has 0 aliphatic carbocycles. The number of β-lactam (4-membered cyclic amide) rings is 1. The Kier molecular flexibility index (Phi) is 8.53. The first kappa shape index (κ1) is 27.8. The van der Waals surface area contributed by atoms with Crippen LogP contribution < -0.4 is 10.6 Å². The van der Waals surface area contributed by atoms with Crippen molar-refractivity contribution < 1.29 is 42.3 Å². The lowest BCUT2D eigenvalue weighted by atomic mass is 10.0. The van der Waals surface area contributed by atoms with Crippen LogP contribution in [0.3, 0.4) is 0 Å². The number of rotatable bonds is 11. The number of amides is 3. The molecule has 3 N–H and O–H groups in total. The third-order valence-electron chi connectivity index (χ3n) is 4.77. The van der Waals surface area contributed by atoms with E-state index in [9.17, 15) is 37.5 Å². The van der Waals surface area contributed by atoms with Crippen LogP contribution in [0.2, 0.25) is 0 Å². The second-order valence-electron chi connectivity index (χ2n) is 7.24. The first-order valence-corrected chi connectivity index (χ1v) is 13.9. The Hall–Kier alpha value is -3.23. The van der Waals surface area contributed by atoms with Gasteiger partial charge in [0.15, 0.2) is 15.2 Å². The molecule has 2 aromatic rings. The molecule has 20 heteroatoms. The lowest BCUT2D eigenvalue weighted by molar-refractivity contribution is -0.174. The standard InChI is InChI=1S/C18H14F3N7O6S4/c19-18(20,21)4-34-27-9(8-3-36-16(24-8)22-5-29)12(30)25-10-13(31)28-11(15(32)33)7(1-35-14(10)28)2-37-17-26-23-6-38-17/h3,5-6,10,14H,1-2,4H2,(H,25,30)(H,32,33)(H,22,24,29)/t10?,14-/m0/s1. The van der Waals surface area contributed by atoms with Gasteiger partial charge in [0, 0.05) is 16.9 Å². The molecule has 2 aliphatic rings. The monoisotopic (exact) mass is 609 g/mol. The number of hydrogen-bond acceptors (Lipinski definition) is 13. The van der Waals surface area contributed by atoms with Crippen LogP contribution in [0.15, 0.2) is 31.7 Å². The maximum Gasteiger partial charge on any atom is 0.425 e. The molecule has 13 nitrogen and oxygen atoms in total. The molecular formula is C18H14F3N7O6S4. The molecule has 0 saturated carbocycles. The Morgan fingerprint density at radius 3 is 2.82 bits per heavy atom. The van der Waals surface area contributed by atoms with Crippen molar-refractivity contribution in [2.45, 2.75) is 21.9 Å². The van der Waals surface area contributed by atoms with Crippen molar-refractivity contribution in [1.82, 2.24) is 25.4 Å². The Morgan fingerprint density at radius 1 is 1.37 bits per heavy atom. The predicted molar refractivity (Wildman–Crippen MR) is 131 cm³/mol. The normalized spacial score (nSPS) is 19.5. The van der Waals surface area contributed by atoms with Crippen LogP contribution in [-0.4, -0.2) is 90.8 Å². The quantitative estimate of drug-likeness (QED) is 0.110. The molecule has 0 bridgehead atoms. The number of nitrogens with one attached hydrogen (secondary N) is 2. The summed E-state index contributed by atoms with van der Waals surface area (Å²) in [6, 6.07) is -1.18. The van der Waals surface area contributed by atoms with E-state index in [2.05, 4.69) is 35.8 Å². The lowest BCUT2D eigenvalue weighted by Gasteiger charge is -2.49. The van der Waals surface area contributed by atoms with Gasteiger partial charge in [-0.2, -0.15) is 13.2 Å². The second kappa shape index (κ2) is 11.7. The number of aliphatic carboxylic acids is 1. The van der Waals surface area contributed by atoms with Crippen LogP contribution in [0.25, 0.3) is 0 Å². The first-order chi connectivity index (χ1) is 18.1. The fourth-order valence-corrected chi connectivity index (χ4v) is 6.88. The number of anilines is 1. The van der Waals surface area contributed by atoms with Gasteiger partial charge in [0.05, 0.1) is 0 Å². The molecule has 4 rings (SSSR count). The highest BCUT2D eigenvalue weighted by molar-refractivity contribution is 8.01. The van der Waals surface area contributed by atoms with E-state index in [0.29, 0.717) is 16.3 Å². The summed E-state index contributed by atoms with van der Waals surface area (Å²) >= 11 is 4.64. The Morgan fingerprint density at radius 2 is 2.16 bits per heavy atom. The summed E-state index contributed by atoms with van der Waals surface area (Å²) < 4.78 is 38.2. The predicted octanol–water partition coefficient (Wildman–Crippen LogP) is 1.38. The molecule has 1 fully saturated rings. The van der Waals surface area contributed by atoms with Gasteiger partial charge in [-0.3, -0.25) is 19.3 Å². The van der Waals surface area contributed by atoms with Crippen LogP contribution in [0.4, 0.5) is 18.3 Å². The molecule has 0 radical (unpaired) electrons. The zero-order valence-electron chi connectivity index (χ0n) is 18.5. The average molecular weight is 610 g/mol. The third-order valence-corrected chi connectivity index (χ3v) is 8.83. The number of nitrogens with zero attached hydrogens (tertiary/aromatic N) is 5. The van der Waals surface area contributed by atoms with Crippen molar-refractivity contribution in [2.75, 3.05) is 23.4 Å². The minimum atomic E-state index is -4.73. The molecule has 4 heterocycles. The van der Waals surface area contributed by atoms with Gasteiger partial charge in [0.2, 0.25) is 13.0 Å². The van der Waals surface area contributed by atoms with Crippen molar-refractivity contribution in [3.63, 3.8) is 0 Å². The van der Waals surface area contributed by atoms with Gasteiger partial charge >= 0.3 is 12.1 Å².